The Hall–Kier alpha value is -3.39. The highest BCUT2D eigenvalue weighted by Crippen LogP contribution is 2.58. The van der Waals surface area contributed by atoms with Gasteiger partial charge in [-0.1, -0.05) is 70.2 Å². The number of aromatic nitrogens is 1. The zero-order chi connectivity index (χ0) is 26.1. The van der Waals surface area contributed by atoms with Gasteiger partial charge in [0.25, 0.3) is 0 Å². The third kappa shape index (κ3) is 3.56. The second kappa shape index (κ2) is 8.58. The SMILES string of the molecule is Cc1cc[n+](C)c(-c2c(C)ccc3c2oc2c4c(ccc23)-c2ccccc2C4(CC(C)C)CC(C)C)c1. The van der Waals surface area contributed by atoms with Gasteiger partial charge in [0, 0.05) is 33.9 Å². The first-order chi connectivity index (χ1) is 17.7. The first-order valence-corrected chi connectivity index (χ1v) is 13.8. The second-order valence-electron chi connectivity index (χ2n) is 12.1. The van der Waals surface area contributed by atoms with Crippen LogP contribution in [0.4, 0.5) is 0 Å². The Balaban J connectivity index is 1.74. The van der Waals surface area contributed by atoms with Crippen LogP contribution < -0.4 is 4.57 Å². The van der Waals surface area contributed by atoms with E-state index in [-0.39, 0.29) is 5.41 Å². The minimum Gasteiger partial charge on any atom is -0.455 e. The first-order valence-electron chi connectivity index (χ1n) is 13.8. The van der Waals surface area contributed by atoms with E-state index in [9.17, 15) is 0 Å². The average molecular weight is 489 g/mol. The molecule has 0 aliphatic heterocycles. The molecule has 0 saturated heterocycles. The third-order valence-electron chi connectivity index (χ3n) is 8.30. The molecule has 0 unspecified atom stereocenters. The van der Waals surface area contributed by atoms with Crippen LogP contribution in [-0.2, 0) is 12.5 Å². The Kier molecular flexibility index (Phi) is 5.56. The number of fused-ring (bicyclic) bond motifs is 7. The minimum atomic E-state index is -0.0507. The fourth-order valence-electron chi connectivity index (χ4n) is 7.11. The van der Waals surface area contributed by atoms with E-state index in [1.165, 1.54) is 55.4 Å². The molecular formula is C35H38NO+. The van der Waals surface area contributed by atoms with Gasteiger partial charge in [0.15, 0.2) is 6.20 Å². The summed E-state index contributed by atoms with van der Waals surface area (Å²) in [6.07, 6.45) is 4.38. The maximum absolute atomic E-state index is 7.09. The van der Waals surface area contributed by atoms with E-state index < -0.39 is 0 Å². The number of hydrogen-bond donors (Lipinski definition) is 0. The standard InChI is InChI=1S/C35H38NO/c1-21(2)19-35(20-22(3)4)29-11-9-8-10-25(29)26-14-15-28-27-13-12-24(6)31(33(27)37-34(28)32(26)35)30-18-23(5)16-17-36(30)7/h8-18,21-22H,19-20H2,1-7H3/q+1. The molecule has 2 nitrogen and oxygen atoms in total. The Morgan fingerprint density at radius 2 is 1.46 bits per heavy atom. The van der Waals surface area contributed by atoms with Crippen LogP contribution in [0.15, 0.2) is 71.3 Å². The highest BCUT2D eigenvalue weighted by atomic mass is 16.3. The van der Waals surface area contributed by atoms with Crippen molar-refractivity contribution < 1.29 is 8.98 Å². The summed E-state index contributed by atoms with van der Waals surface area (Å²) in [6.45, 7) is 13.8. The molecule has 0 atom stereocenters. The number of benzene rings is 3. The summed E-state index contributed by atoms with van der Waals surface area (Å²) >= 11 is 0. The van der Waals surface area contributed by atoms with Crippen molar-refractivity contribution in [2.24, 2.45) is 18.9 Å². The van der Waals surface area contributed by atoms with Crippen LogP contribution in [0.25, 0.3) is 44.3 Å². The molecule has 0 fully saturated rings. The van der Waals surface area contributed by atoms with Crippen LogP contribution in [0.3, 0.4) is 0 Å². The van der Waals surface area contributed by atoms with Crippen LogP contribution in [-0.4, -0.2) is 0 Å². The molecule has 2 heteroatoms. The zero-order valence-electron chi connectivity index (χ0n) is 23.3. The molecule has 0 radical (unpaired) electrons. The number of furan rings is 1. The van der Waals surface area contributed by atoms with Gasteiger partial charge in [-0.3, -0.25) is 0 Å². The van der Waals surface area contributed by atoms with Crippen molar-refractivity contribution in [1.29, 1.82) is 0 Å². The quantitative estimate of drug-likeness (QED) is 0.226. The molecule has 0 spiro atoms. The molecule has 37 heavy (non-hydrogen) atoms. The highest BCUT2D eigenvalue weighted by molar-refractivity contribution is 6.12. The van der Waals surface area contributed by atoms with Crippen molar-refractivity contribution in [2.75, 3.05) is 0 Å². The lowest BCUT2D eigenvalue weighted by molar-refractivity contribution is -0.660. The van der Waals surface area contributed by atoms with Crippen molar-refractivity contribution in [3.63, 3.8) is 0 Å². The maximum atomic E-state index is 7.09. The molecular weight excluding hydrogens is 450 g/mol. The van der Waals surface area contributed by atoms with Gasteiger partial charge in [0.1, 0.15) is 18.2 Å². The Bertz CT molecular complexity index is 1660. The van der Waals surface area contributed by atoms with Crippen molar-refractivity contribution in [3.8, 4) is 22.4 Å². The average Bonchev–Trinajstić information content (AvgIpc) is 3.34. The van der Waals surface area contributed by atoms with Crippen molar-refractivity contribution in [1.82, 2.24) is 0 Å². The van der Waals surface area contributed by atoms with Gasteiger partial charge < -0.3 is 4.42 Å². The van der Waals surface area contributed by atoms with Gasteiger partial charge in [-0.15, -0.1) is 0 Å². The monoisotopic (exact) mass is 488 g/mol. The summed E-state index contributed by atoms with van der Waals surface area (Å²) < 4.78 is 9.31. The predicted molar refractivity (Wildman–Crippen MR) is 155 cm³/mol. The lowest BCUT2D eigenvalue weighted by atomic mass is 9.67. The number of rotatable bonds is 5. The molecule has 0 saturated carbocycles. The van der Waals surface area contributed by atoms with E-state index >= 15 is 0 Å². The summed E-state index contributed by atoms with van der Waals surface area (Å²) in [7, 11) is 2.13. The number of aryl methyl sites for hydroxylation is 3. The van der Waals surface area contributed by atoms with Gasteiger partial charge in [-0.25, -0.2) is 4.57 Å². The molecule has 6 rings (SSSR count). The normalized spacial score (nSPS) is 14.2. The molecule has 0 N–H and O–H groups in total. The van der Waals surface area contributed by atoms with E-state index in [2.05, 4.69) is 120 Å². The fraction of sp³-hybridized carbons (Fsp3) is 0.343. The summed E-state index contributed by atoms with van der Waals surface area (Å²) in [5.41, 5.74) is 12.5. The van der Waals surface area contributed by atoms with E-state index in [0.29, 0.717) is 11.8 Å². The summed E-state index contributed by atoms with van der Waals surface area (Å²) in [4.78, 5) is 0. The van der Waals surface area contributed by atoms with Crippen molar-refractivity contribution in [3.05, 3.63) is 89.1 Å². The van der Waals surface area contributed by atoms with Crippen LogP contribution in [0, 0.1) is 25.7 Å². The van der Waals surface area contributed by atoms with Crippen LogP contribution in [0.1, 0.15) is 62.8 Å². The van der Waals surface area contributed by atoms with Gasteiger partial charge in [0.2, 0.25) is 5.69 Å². The van der Waals surface area contributed by atoms with Crippen molar-refractivity contribution >= 4 is 21.9 Å². The Labute approximate surface area is 221 Å². The van der Waals surface area contributed by atoms with Gasteiger partial charge in [0.05, 0.1) is 5.56 Å². The molecule has 5 aromatic rings. The zero-order valence-corrected chi connectivity index (χ0v) is 23.3. The van der Waals surface area contributed by atoms with Gasteiger partial charge in [-0.05, 0) is 72.4 Å². The molecule has 188 valence electrons. The smallest absolute Gasteiger partial charge is 0.216 e. The molecule has 0 amide bonds. The third-order valence-corrected chi connectivity index (χ3v) is 8.30. The molecule has 1 aliphatic rings. The molecule has 0 bridgehead atoms. The topological polar surface area (TPSA) is 17.0 Å². The summed E-state index contributed by atoms with van der Waals surface area (Å²) in [5, 5.41) is 2.44. The largest absolute Gasteiger partial charge is 0.455 e. The lowest BCUT2D eigenvalue weighted by Gasteiger charge is -2.35. The minimum absolute atomic E-state index is 0.0507. The van der Waals surface area contributed by atoms with E-state index in [1.54, 1.807) is 0 Å². The number of hydrogen-bond acceptors (Lipinski definition) is 1. The van der Waals surface area contributed by atoms with E-state index in [1.807, 2.05) is 0 Å². The predicted octanol–water partition coefficient (Wildman–Crippen LogP) is 9.05. The summed E-state index contributed by atoms with van der Waals surface area (Å²) in [5.74, 6) is 1.14. The van der Waals surface area contributed by atoms with Crippen molar-refractivity contribution in [2.45, 2.75) is 59.8 Å². The molecule has 2 aromatic heterocycles. The molecule has 1 aliphatic carbocycles. The maximum Gasteiger partial charge on any atom is 0.216 e. The highest BCUT2D eigenvalue weighted by Gasteiger charge is 2.46. The second-order valence-corrected chi connectivity index (χ2v) is 12.1. The van der Waals surface area contributed by atoms with Crippen LogP contribution in [0.5, 0.6) is 0 Å². The number of pyridine rings is 1. The Morgan fingerprint density at radius 3 is 2.19 bits per heavy atom. The van der Waals surface area contributed by atoms with Gasteiger partial charge >= 0.3 is 0 Å². The van der Waals surface area contributed by atoms with Crippen LogP contribution in [0.2, 0.25) is 0 Å². The van der Waals surface area contributed by atoms with E-state index in [4.69, 9.17) is 4.42 Å². The van der Waals surface area contributed by atoms with Crippen LogP contribution >= 0.6 is 0 Å². The lowest BCUT2D eigenvalue weighted by Crippen LogP contribution is -2.30. The molecule has 2 heterocycles. The number of nitrogens with zero attached hydrogens (tertiary/aromatic N) is 1. The molecule has 3 aromatic carbocycles. The van der Waals surface area contributed by atoms with E-state index in [0.717, 1.165) is 24.0 Å². The fourth-order valence-corrected chi connectivity index (χ4v) is 7.11. The summed E-state index contributed by atoms with van der Waals surface area (Å²) in [6, 6.07) is 22.7. The Morgan fingerprint density at radius 1 is 0.784 bits per heavy atom. The van der Waals surface area contributed by atoms with Gasteiger partial charge in [-0.2, -0.15) is 0 Å². The first kappa shape index (κ1) is 24.0.